The topological polar surface area (TPSA) is 32.8 Å². The minimum Gasteiger partial charge on any atom is -0.378 e. The fourth-order valence-electron chi connectivity index (χ4n) is 3.17. The molecule has 2 heterocycles. The van der Waals surface area contributed by atoms with Crippen molar-refractivity contribution >= 4 is 38.7 Å². The average molecular weight is 370 g/mol. The van der Waals surface area contributed by atoms with Gasteiger partial charge in [-0.3, -0.25) is 4.79 Å². The lowest BCUT2D eigenvalue weighted by molar-refractivity contribution is 0.0306. The van der Waals surface area contributed by atoms with Gasteiger partial charge in [-0.2, -0.15) is 0 Å². The van der Waals surface area contributed by atoms with Crippen molar-refractivity contribution in [3.05, 3.63) is 59.2 Å². The Bertz CT molecular complexity index is 933. The van der Waals surface area contributed by atoms with E-state index in [0.29, 0.717) is 26.3 Å². The Morgan fingerprint density at radius 1 is 1.15 bits per heavy atom. The second-order valence-electron chi connectivity index (χ2n) is 6.24. The van der Waals surface area contributed by atoms with Crippen LogP contribution in [0.25, 0.3) is 10.1 Å². The number of hydrogen-bond donors (Lipinski definition) is 0. The van der Waals surface area contributed by atoms with Gasteiger partial charge in [0, 0.05) is 41.6 Å². The molecule has 1 aliphatic heterocycles. The van der Waals surface area contributed by atoms with Gasteiger partial charge in [-0.25, -0.2) is 4.39 Å². The van der Waals surface area contributed by atoms with Gasteiger partial charge in [0.25, 0.3) is 5.91 Å². The molecule has 0 saturated carbocycles. The number of carbonyl (C=O) groups is 1. The number of benzene rings is 2. The molecule has 0 spiro atoms. The smallest absolute Gasteiger partial charge is 0.264 e. The molecule has 1 aliphatic rings. The van der Waals surface area contributed by atoms with Gasteiger partial charge >= 0.3 is 0 Å². The monoisotopic (exact) mass is 370 g/mol. The number of hydrogen-bond acceptors (Lipinski definition) is 4. The van der Waals surface area contributed by atoms with Gasteiger partial charge in [-0.1, -0.05) is 6.07 Å². The van der Waals surface area contributed by atoms with Gasteiger partial charge in [-0.05, 0) is 42.5 Å². The van der Waals surface area contributed by atoms with E-state index >= 15 is 0 Å². The Morgan fingerprint density at radius 2 is 1.88 bits per heavy atom. The quantitative estimate of drug-likeness (QED) is 0.690. The van der Waals surface area contributed by atoms with E-state index in [9.17, 15) is 9.18 Å². The number of carbonyl (C=O) groups excluding carboxylic acids is 1. The Balaban J connectivity index is 1.69. The molecule has 0 bridgehead atoms. The van der Waals surface area contributed by atoms with Crippen molar-refractivity contribution in [2.45, 2.75) is 0 Å². The zero-order chi connectivity index (χ0) is 18.1. The van der Waals surface area contributed by atoms with Crippen molar-refractivity contribution in [2.75, 3.05) is 38.3 Å². The zero-order valence-corrected chi connectivity index (χ0v) is 15.3. The highest BCUT2D eigenvalue weighted by Gasteiger charge is 2.21. The molecule has 4 rings (SSSR count). The molecule has 134 valence electrons. The van der Waals surface area contributed by atoms with E-state index in [2.05, 4.69) is 0 Å². The van der Waals surface area contributed by atoms with E-state index < -0.39 is 0 Å². The number of amides is 1. The molecular formula is C20H19FN2O2S. The zero-order valence-electron chi connectivity index (χ0n) is 14.4. The molecule has 6 heteroatoms. The number of nitrogens with zero attached hydrogens (tertiary/aromatic N) is 2. The highest BCUT2D eigenvalue weighted by atomic mass is 32.1. The Kier molecular flexibility index (Phi) is 4.61. The first-order valence-corrected chi connectivity index (χ1v) is 9.34. The SMILES string of the molecule is CN(c1ccc(F)cc1)c1cccc2sc(C(=O)N3CCOCC3)cc12. The summed E-state index contributed by atoms with van der Waals surface area (Å²) in [4.78, 5) is 17.4. The first-order valence-electron chi connectivity index (χ1n) is 8.52. The molecule has 0 aliphatic carbocycles. The van der Waals surface area contributed by atoms with E-state index in [-0.39, 0.29) is 11.7 Å². The Labute approximate surface area is 155 Å². The van der Waals surface area contributed by atoms with E-state index in [1.807, 2.05) is 41.1 Å². The van der Waals surface area contributed by atoms with Crippen LogP contribution in [-0.4, -0.2) is 44.2 Å². The minimum absolute atomic E-state index is 0.0601. The summed E-state index contributed by atoms with van der Waals surface area (Å²) >= 11 is 1.51. The van der Waals surface area contributed by atoms with Gasteiger partial charge in [-0.15, -0.1) is 11.3 Å². The van der Waals surface area contributed by atoms with E-state index in [1.165, 1.54) is 23.5 Å². The summed E-state index contributed by atoms with van der Waals surface area (Å²) in [5, 5.41) is 1.03. The summed E-state index contributed by atoms with van der Waals surface area (Å²) in [7, 11) is 1.95. The molecule has 26 heavy (non-hydrogen) atoms. The molecule has 1 fully saturated rings. The molecule has 1 amide bonds. The Hall–Kier alpha value is -2.44. The number of anilines is 2. The molecule has 2 aromatic carbocycles. The van der Waals surface area contributed by atoms with E-state index in [4.69, 9.17) is 4.74 Å². The van der Waals surface area contributed by atoms with Crippen molar-refractivity contribution in [1.82, 2.24) is 4.90 Å². The fraction of sp³-hybridized carbons (Fsp3) is 0.250. The van der Waals surface area contributed by atoms with Crippen LogP contribution >= 0.6 is 11.3 Å². The largest absolute Gasteiger partial charge is 0.378 e. The van der Waals surface area contributed by atoms with Gasteiger partial charge in [0.05, 0.1) is 18.1 Å². The van der Waals surface area contributed by atoms with Crippen LogP contribution in [0.15, 0.2) is 48.5 Å². The molecule has 0 N–H and O–H groups in total. The van der Waals surface area contributed by atoms with Crippen molar-refractivity contribution < 1.29 is 13.9 Å². The molecular weight excluding hydrogens is 351 g/mol. The Morgan fingerprint density at radius 3 is 2.62 bits per heavy atom. The first-order chi connectivity index (χ1) is 12.6. The van der Waals surface area contributed by atoms with Crippen LogP contribution in [0.3, 0.4) is 0 Å². The second-order valence-corrected chi connectivity index (χ2v) is 7.32. The molecule has 0 radical (unpaired) electrons. The molecule has 0 unspecified atom stereocenters. The van der Waals surface area contributed by atoms with E-state index in [1.54, 1.807) is 12.1 Å². The first kappa shape index (κ1) is 17.0. The number of fused-ring (bicyclic) bond motifs is 1. The van der Waals surface area contributed by atoms with Crippen molar-refractivity contribution in [3.8, 4) is 0 Å². The van der Waals surface area contributed by atoms with Gasteiger partial charge in [0.2, 0.25) is 0 Å². The van der Waals surface area contributed by atoms with Gasteiger partial charge in [0.1, 0.15) is 5.82 Å². The van der Waals surface area contributed by atoms with E-state index in [0.717, 1.165) is 26.3 Å². The standard InChI is InChI=1S/C20H19FN2O2S/c1-22(15-7-5-14(21)6-8-15)17-3-2-4-18-16(17)13-19(26-18)20(24)23-9-11-25-12-10-23/h2-8,13H,9-12H2,1H3. The maximum absolute atomic E-state index is 13.2. The number of rotatable bonds is 3. The summed E-state index contributed by atoms with van der Waals surface area (Å²) in [6.07, 6.45) is 0. The molecule has 3 aromatic rings. The van der Waals surface area contributed by atoms with Crippen LogP contribution in [0, 0.1) is 5.82 Å². The molecule has 1 aromatic heterocycles. The highest BCUT2D eigenvalue weighted by Crippen LogP contribution is 2.36. The van der Waals surface area contributed by atoms with Gasteiger partial charge < -0.3 is 14.5 Å². The number of ether oxygens (including phenoxy) is 1. The van der Waals surface area contributed by atoms with Crippen molar-refractivity contribution in [3.63, 3.8) is 0 Å². The lowest BCUT2D eigenvalue weighted by atomic mass is 10.1. The lowest BCUT2D eigenvalue weighted by Gasteiger charge is -2.26. The number of morpholine rings is 1. The molecule has 4 nitrogen and oxygen atoms in total. The number of halogens is 1. The van der Waals surface area contributed by atoms with Crippen LogP contribution in [-0.2, 0) is 4.74 Å². The van der Waals surface area contributed by atoms with Crippen molar-refractivity contribution in [2.24, 2.45) is 0 Å². The maximum Gasteiger partial charge on any atom is 0.264 e. The normalized spacial score (nSPS) is 14.6. The minimum atomic E-state index is -0.255. The summed E-state index contributed by atoms with van der Waals surface area (Å²) in [5.74, 6) is -0.195. The summed E-state index contributed by atoms with van der Waals surface area (Å²) in [5.41, 5.74) is 1.89. The van der Waals surface area contributed by atoms with Crippen LogP contribution in [0.5, 0.6) is 0 Å². The summed E-state index contributed by atoms with van der Waals surface area (Å²) in [6.45, 7) is 2.45. The highest BCUT2D eigenvalue weighted by molar-refractivity contribution is 7.20. The predicted molar refractivity (Wildman–Crippen MR) is 103 cm³/mol. The van der Waals surface area contributed by atoms with Crippen molar-refractivity contribution in [1.29, 1.82) is 0 Å². The molecule has 0 atom stereocenters. The predicted octanol–water partition coefficient (Wildman–Crippen LogP) is 4.28. The molecule has 1 saturated heterocycles. The average Bonchev–Trinajstić information content (AvgIpc) is 3.12. The third-order valence-electron chi connectivity index (χ3n) is 4.62. The van der Waals surface area contributed by atoms with Gasteiger partial charge in [0.15, 0.2) is 0 Å². The van der Waals surface area contributed by atoms with Crippen LogP contribution in [0.2, 0.25) is 0 Å². The third-order valence-corrected chi connectivity index (χ3v) is 5.71. The lowest BCUT2D eigenvalue weighted by Crippen LogP contribution is -2.40. The third kappa shape index (κ3) is 3.18. The van der Waals surface area contributed by atoms with Crippen LogP contribution in [0.4, 0.5) is 15.8 Å². The summed E-state index contributed by atoms with van der Waals surface area (Å²) in [6, 6.07) is 14.4. The fourth-order valence-corrected chi connectivity index (χ4v) is 4.22. The van der Waals surface area contributed by atoms with Crippen LogP contribution in [0.1, 0.15) is 9.67 Å². The van der Waals surface area contributed by atoms with Crippen LogP contribution < -0.4 is 4.90 Å². The second kappa shape index (κ2) is 7.05. The summed E-state index contributed by atoms with van der Waals surface area (Å²) < 4.78 is 19.6. The number of thiophene rings is 1. The maximum atomic E-state index is 13.2.